The number of guanidine groups is 1. The number of nitrogens with zero attached hydrogens (tertiary/aromatic N) is 9. The molecule has 0 radical (unpaired) electrons. The molecule has 10 nitrogen and oxygen atoms in total. The van der Waals surface area contributed by atoms with Crippen LogP contribution in [0.15, 0.2) is 65.8 Å². The predicted octanol–water partition coefficient (Wildman–Crippen LogP) is 3.52. The number of nitrogens with one attached hydrogen (secondary N) is 1. The number of aliphatic imine (C=N–C) groups is 1. The van der Waals surface area contributed by atoms with E-state index in [0.29, 0.717) is 24.2 Å². The number of piperazine rings is 1. The Labute approximate surface area is 209 Å². The average Bonchev–Trinajstić information content (AvgIpc) is 3.24. The van der Waals surface area contributed by atoms with Gasteiger partial charge in [0.25, 0.3) is 0 Å². The maximum atomic E-state index is 9.47. The number of pyridine rings is 1. The van der Waals surface area contributed by atoms with Gasteiger partial charge in [-0.1, -0.05) is 44.2 Å². The van der Waals surface area contributed by atoms with Crippen molar-refractivity contribution in [3.8, 4) is 17.5 Å². The van der Waals surface area contributed by atoms with E-state index in [2.05, 4.69) is 54.2 Å². The number of fused-ring (bicyclic) bond motifs is 1. The Morgan fingerprint density at radius 1 is 1.08 bits per heavy atom. The molecule has 0 aliphatic carbocycles. The van der Waals surface area contributed by atoms with Gasteiger partial charge in [0.05, 0.1) is 17.1 Å². The third kappa shape index (κ3) is 4.55. The SMILES string of the molecule is CC(C)C1CN(c2ccc(-c3ccccc3)nn2)CCN1/C(=N\C#N)Nc1nn(C)c2ncccc12. The molecule has 36 heavy (non-hydrogen) atoms. The van der Waals surface area contributed by atoms with Crippen LogP contribution in [0, 0.1) is 17.4 Å². The zero-order valence-electron chi connectivity index (χ0n) is 20.6. The molecule has 0 amide bonds. The van der Waals surface area contributed by atoms with Crippen LogP contribution in [-0.4, -0.2) is 61.5 Å². The molecule has 3 aromatic heterocycles. The zero-order valence-corrected chi connectivity index (χ0v) is 20.6. The monoisotopic (exact) mass is 480 g/mol. The van der Waals surface area contributed by atoms with Crippen molar-refractivity contribution in [1.29, 1.82) is 5.26 Å². The molecule has 0 saturated carbocycles. The van der Waals surface area contributed by atoms with Crippen molar-refractivity contribution in [2.45, 2.75) is 19.9 Å². The topological polar surface area (TPSA) is 111 Å². The van der Waals surface area contributed by atoms with Crippen LogP contribution in [0.1, 0.15) is 13.8 Å². The minimum absolute atomic E-state index is 0.0991. The van der Waals surface area contributed by atoms with E-state index in [9.17, 15) is 5.26 Å². The highest BCUT2D eigenvalue weighted by Crippen LogP contribution is 2.25. The molecule has 1 atom stereocenters. The molecule has 1 N–H and O–H groups in total. The molecule has 4 aromatic rings. The van der Waals surface area contributed by atoms with Gasteiger partial charge in [0.1, 0.15) is 0 Å². The average molecular weight is 481 g/mol. The number of nitriles is 1. The van der Waals surface area contributed by atoms with E-state index < -0.39 is 0 Å². The van der Waals surface area contributed by atoms with E-state index >= 15 is 0 Å². The fourth-order valence-electron chi connectivity index (χ4n) is 4.61. The van der Waals surface area contributed by atoms with Crippen LogP contribution in [-0.2, 0) is 7.05 Å². The Morgan fingerprint density at radius 2 is 1.92 bits per heavy atom. The van der Waals surface area contributed by atoms with Gasteiger partial charge in [0.2, 0.25) is 12.2 Å². The predicted molar refractivity (Wildman–Crippen MR) is 140 cm³/mol. The molecular weight excluding hydrogens is 452 g/mol. The van der Waals surface area contributed by atoms with E-state index in [1.807, 2.05) is 67.8 Å². The minimum atomic E-state index is 0.0991. The summed E-state index contributed by atoms with van der Waals surface area (Å²) < 4.78 is 1.72. The summed E-state index contributed by atoms with van der Waals surface area (Å²) in [4.78, 5) is 13.0. The van der Waals surface area contributed by atoms with E-state index in [1.54, 1.807) is 10.9 Å². The van der Waals surface area contributed by atoms with Crippen molar-refractivity contribution in [2.24, 2.45) is 18.0 Å². The van der Waals surface area contributed by atoms with Crippen molar-refractivity contribution < 1.29 is 0 Å². The summed E-state index contributed by atoms with van der Waals surface area (Å²) in [7, 11) is 1.85. The standard InChI is InChI=1S/C26H28N10/c1-18(2)22-16-35(23-12-11-21(31-32-23)19-8-5-4-6-9-19)14-15-36(22)26(29-17-27)30-24-20-10-7-13-28-25(20)34(3)33-24/h4-13,18,22H,14-16H2,1-3H3,(H,29,30,33). The summed E-state index contributed by atoms with van der Waals surface area (Å²) in [5, 5.41) is 27.2. The van der Waals surface area contributed by atoms with Gasteiger partial charge in [0.15, 0.2) is 17.3 Å². The summed E-state index contributed by atoms with van der Waals surface area (Å²) in [5.41, 5.74) is 2.66. The highest BCUT2D eigenvalue weighted by atomic mass is 15.4. The molecule has 5 rings (SSSR count). The largest absolute Gasteiger partial charge is 0.351 e. The summed E-state index contributed by atoms with van der Waals surface area (Å²) in [6.07, 6.45) is 3.70. The lowest BCUT2D eigenvalue weighted by atomic mass is 9.99. The van der Waals surface area contributed by atoms with Crippen molar-refractivity contribution in [3.05, 3.63) is 60.8 Å². The Hall–Kier alpha value is -4.52. The first kappa shape index (κ1) is 23.2. The Morgan fingerprint density at radius 3 is 2.64 bits per heavy atom. The van der Waals surface area contributed by atoms with Crippen LogP contribution in [0.3, 0.4) is 0 Å². The molecule has 1 fully saturated rings. The number of anilines is 2. The highest BCUT2D eigenvalue weighted by molar-refractivity contribution is 6.01. The molecule has 1 saturated heterocycles. The number of rotatable bonds is 4. The van der Waals surface area contributed by atoms with Crippen molar-refractivity contribution >= 4 is 28.6 Å². The molecular formula is C26H28N10. The molecule has 4 heterocycles. The van der Waals surface area contributed by atoms with Crippen LogP contribution in [0.5, 0.6) is 0 Å². The molecule has 0 spiro atoms. The molecule has 182 valence electrons. The first-order valence-electron chi connectivity index (χ1n) is 12.0. The van der Waals surface area contributed by atoms with Gasteiger partial charge in [-0.05, 0) is 30.2 Å². The second-order valence-corrected chi connectivity index (χ2v) is 9.10. The number of aromatic nitrogens is 5. The molecule has 1 unspecified atom stereocenters. The Bertz CT molecular complexity index is 1400. The van der Waals surface area contributed by atoms with E-state index in [4.69, 9.17) is 0 Å². The second kappa shape index (κ2) is 10.00. The smallest absolute Gasteiger partial charge is 0.215 e. The lowest BCUT2D eigenvalue weighted by molar-refractivity contribution is 0.223. The molecule has 0 bridgehead atoms. The van der Waals surface area contributed by atoms with Crippen molar-refractivity contribution in [1.82, 2.24) is 29.9 Å². The molecule has 10 heteroatoms. The van der Waals surface area contributed by atoms with Crippen LogP contribution in [0.4, 0.5) is 11.6 Å². The van der Waals surface area contributed by atoms with Gasteiger partial charge in [-0.3, -0.25) is 0 Å². The van der Waals surface area contributed by atoms with E-state index in [0.717, 1.165) is 41.2 Å². The van der Waals surface area contributed by atoms with E-state index in [1.165, 1.54) is 0 Å². The minimum Gasteiger partial charge on any atom is -0.351 e. The van der Waals surface area contributed by atoms with Crippen molar-refractivity contribution in [2.75, 3.05) is 29.9 Å². The van der Waals surface area contributed by atoms with Crippen molar-refractivity contribution in [3.63, 3.8) is 0 Å². The molecule has 1 aliphatic heterocycles. The summed E-state index contributed by atoms with van der Waals surface area (Å²) >= 11 is 0. The molecule has 1 aromatic carbocycles. The van der Waals surface area contributed by atoms with Gasteiger partial charge in [0, 0.05) is 38.4 Å². The van der Waals surface area contributed by atoms with Crippen LogP contribution in [0.25, 0.3) is 22.3 Å². The number of hydrogen-bond acceptors (Lipinski definition) is 7. The van der Waals surface area contributed by atoms with Crippen LogP contribution >= 0.6 is 0 Å². The highest BCUT2D eigenvalue weighted by Gasteiger charge is 2.33. The van der Waals surface area contributed by atoms with Crippen LogP contribution < -0.4 is 10.2 Å². The number of aryl methyl sites for hydroxylation is 1. The summed E-state index contributed by atoms with van der Waals surface area (Å²) in [6.45, 7) is 6.47. The first-order chi connectivity index (χ1) is 17.5. The lowest BCUT2D eigenvalue weighted by Crippen LogP contribution is -2.58. The van der Waals surface area contributed by atoms with Gasteiger partial charge in [-0.25, -0.2) is 9.67 Å². The van der Waals surface area contributed by atoms with Gasteiger partial charge in [-0.2, -0.15) is 10.4 Å². The maximum Gasteiger partial charge on any atom is 0.215 e. The lowest BCUT2D eigenvalue weighted by Gasteiger charge is -2.44. The zero-order chi connectivity index (χ0) is 25.1. The quantitative estimate of drug-likeness (QED) is 0.268. The van der Waals surface area contributed by atoms with Gasteiger partial charge >= 0.3 is 0 Å². The third-order valence-electron chi connectivity index (χ3n) is 6.49. The summed E-state index contributed by atoms with van der Waals surface area (Å²) in [6, 6.07) is 18.0. The maximum absolute atomic E-state index is 9.47. The number of hydrogen-bond donors (Lipinski definition) is 1. The van der Waals surface area contributed by atoms with Crippen LogP contribution in [0.2, 0.25) is 0 Å². The summed E-state index contributed by atoms with van der Waals surface area (Å²) in [5.74, 6) is 2.26. The normalized spacial score (nSPS) is 16.4. The third-order valence-corrected chi connectivity index (χ3v) is 6.49. The fraction of sp³-hybridized carbons (Fsp3) is 0.308. The van der Waals surface area contributed by atoms with Gasteiger partial charge in [-0.15, -0.1) is 15.2 Å². The van der Waals surface area contributed by atoms with Gasteiger partial charge < -0.3 is 15.1 Å². The fourth-order valence-corrected chi connectivity index (χ4v) is 4.61. The number of benzene rings is 1. The van der Waals surface area contributed by atoms with E-state index in [-0.39, 0.29) is 6.04 Å². The second-order valence-electron chi connectivity index (χ2n) is 9.10. The Balaban J connectivity index is 1.37. The Kier molecular flexibility index (Phi) is 6.45. The first-order valence-corrected chi connectivity index (χ1v) is 12.0. The molecule has 1 aliphatic rings.